The molecule has 0 aromatic heterocycles. The molecule has 0 bridgehead atoms. The molecular weight excluding hydrogens is 254 g/mol. The van der Waals surface area contributed by atoms with Crippen molar-refractivity contribution < 1.29 is 4.74 Å². The highest BCUT2D eigenvalue weighted by atomic mass is 32.2. The molecule has 0 heterocycles. The van der Waals surface area contributed by atoms with Crippen LogP contribution in [0.2, 0.25) is 0 Å². The highest BCUT2D eigenvalue weighted by Crippen LogP contribution is 2.34. The zero-order valence-corrected chi connectivity index (χ0v) is 12.8. The molecule has 1 saturated carbocycles. The fraction of sp³-hybridized carbons (Fsp3) is 0.625. The van der Waals surface area contributed by atoms with Crippen molar-refractivity contribution >= 4 is 17.4 Å². The maximum absolute atomic E-state index is 5.14. The maximum Gasteiger partial charge on any atom is 0.0504 e. The molecule has 106 valence electrons. The smallest absolute Gasteiger partial charge is 0.0504 e. The molecular formula is C16H25NOS. The van der Waals surface area contributed by atoms with E-state index in [2.05, 4.69) is 36.5 Å². The topological polar surface area (TPSA) is 21.3 Å². The Balaban J connectivity index is 1.77. The molecule has 2 nitrogen and oxygen atoms in total. The number of benzene rings is 1. The molecule has 1 atom stereocenters. The van der Waals surface area contributed by atoms with Gasteiger partial charge in [0.05, 0.1) is 6.61 Å². The van der Waals surface area contributed by atoms with E-state index in [9.17, 15) is 0 Å². The summed E-state index contributed by atoms with van der Waals surface area (Å²) in [5.74, 6) is 0.539. The van der Waals surface area contributed by atoms with Crippen molar-refractivity contribution in [1.29, 1.82) is 0 Å². The van der Waals surface area contributed by atoms with Crippen molar-refractivity contribution in [1.82, 2.24) is 0 Å². The third kappa shape index (κ3) is 5.07. The van der Waals surface area contributed by atoms with E-state index in [0.29, 0.717) is 5.92 Å². The van der Waals surface area contributed by atoms with Gasteiger partial charge in [0.1, 0.15) is 0 Å². The minimum absolute atomic E-state index is 0.539. The fourth-order valence-corrected chi connectivity index (χ4v) is 3.73. The zero-order chi connectivity index (χ0) is 13.5. The van der Waals surface area contributed by atoms with Crippen LogP contribution < -0.4 is 5.32 Å². The number of hydrogen-bond acceptors (Lipinski definition) is 3. The van der Waals surface area contributed by atoms with Crippen molar-refractivity contribution in [3.05, 3.63) is 24.3 Å². The predicted molar refractivity (Wildman–Crippen MR) is 84.1 cm³/mol. The van der Waals surface area contributed by atoms with E-state index in [1.165, 1.54) is 36.3 Å². The second-order valence-electron chi connectivity index (χ2n) is 5.49. The van der Waals surface area contributed by atoms with Crippen LogP contribution in [-0.4, -0.2) is 25.5 Å². The monoisotopic (exact) mass is 279 g/mol. The van der Waals surface area contributed by atoms with Crippen molar-refractivity contribution in [2.45, 2.75) is 42.8 Å². The van der Waals surface area contributed by atoms with E-state index in [1.54, 1.807) is 7.11 Å². The zero-order valence-electron chi connectivity index (χ0n) is 12.0. The third-order valence-electron chi connectivity index (χ3n) is 3.57. The Labute approximate surface area is 121 Å². The Morgan fingerprint density at radius 2 is 1.95 bits per heavy atom. The molecule has 0 amide bonds. The number of methoxy groups -OCH3 is 1. The first-order valence-corrected chi connectivity index (χ1v) is 8.15. The Hall–Kier alpha value is -0.670. The Bertz CT molecular complexity index is 360. The predicted octanol–water partition coefficient (Wildman–Crippen LogP) is 4.42. The second kappa shape index (κ2) is 7.81. The van der Waals surface area contributed by atoms with E-state index in [-0.39, 0.29) is 0 Å². The van der Waals surface area contributed by atoms with Gasteiger partial charge in [-0.15, -0.1) is 11.8 Å². The van der Waals surface area contributed by atoms with E-state index >= 15 is 0 Å². The van der Waals surface area contributed by atoms with Crippen molar-refractivity contribution in [3.8, 4) is 0 Å². The maximum atomic E-state index is 5.14. The number of hydrogen-bond donors (Lipinski definition) is 1. The van der Waals surface area contributed by atoms with Gasteiger partial charge >= 0.3 is 0 Å². The normalized spacial score (nSPS) is 17.6. The molecule has 1 aliphatic carbocycles. The first-order valence-electron chi connectivity index (χ1n) is 7.27. The summed E-state index contributed by atoms with van der Waals surface area (Å²) in [6, 6.07) is 8.87. The lowest BCUT2D eigenvalue weighted by molar-refractivity contribution is 0.164. The van der Waals surface area contributed by atoms with Gasteiger partial charge in [-0.1, -0.05) is 19.8 Å². The molecule has 19 heavy (non-hydrogen) atoms. The minimum Gasteiger partial charge on any atom is -0.385 e. The van der Waals surface area contributed by atoms with Gasteiger partial charge in [-0.3, -0.25) is 0 Å². The summed E-state index contributed by atoms with van der Waals surface area (Å²) in [5, 5.41) is 4.31. The van der Waals surface area contributed by atoms with E-state index in [4.69, 9.17) is 4.74 Å². The molecule has 1 aromatic rings. The van der Waals surface area contributed by atoms with Gasteiger partial charge in [-0.05, 0) is 43.0 Å². The van der Waals surface area contributed by atoms with Gasteiger partial charge in [0.2, 0.25) is 0 Å². The molecule has 0 radical (unpaired) electrons. The van der Waals surface area contributed by atoms with Crippen molar-refractivity contribution in [3.63, 3.8) is 0 Å². The van der Waals surface area contributed by atoms with Crippen LogP contribution in [0.15, 0.2) is 29.2 Å². The lowest BCUT2D eigenvalue weighted by Crippen LogP contribution is -2.15. The summed E-state index contributed by atoms with van der Waals surface area (Å²) >= 11 is 2.04. The minimum atomic E-state index is 0.539. The Morgan fingerprint density at radius 3 is 2.58 bits per heavy atom. The van der Waals surface area contributed by atoms with Gasteiger partial charge < -0.3 is 10.1 Å². The number of ether oxygens (including phenoxy) is 1. The number of thioether (sulfide) groups is 1. The number of rotatable bonds is 7. The SMILES string of the molecule is COCC(C)CNc1ccc(SC2CCCC2)cc1. The van der Waals surface area contributed by atoms with Gasteiger partial charge in [0.15, 0.2) is 0 Å². The summed E-state index contributed by atoms with van der Waals surface area (Å²) in [6.45, 7) is 3.96. The van der Waals surface area contributed by atoms with Gasteiger partial charge in [0, 0.05) is 29.5 Å². The van der Waals surface area contributed by atoms with Gasteiger partial charge in [-0.2, -0.15) is 0 Å². The molecule has 1 aromatic carbocycles. The first-order chi connectivity index (χ1) is 9.28. The Morgan fingerprint density at radius 1 is 1.26 bits per heavy atom. The van der Waals surface area contributed by atoms with Crippen LogP contribution >= 0.6 is 11.8 Å². The summed E-state index contributed by atoms with van der Waals surface area (Å²) in [6.07, 6.45) is 5.60. The summed E-state index contributed by atoms with van der Waals surface area (Å²) in [5.41, 5.74) is 1.21. The Kier molecular flexibility index (Phi) is 6.05. The third-order valence-corrected chi connectivity index (χ3v) is 4.91. The average molecular weight is 279 g/mol. The lowest BCUT2D eigenvalue weighted by Gasteiger charge is -2.13. The van der Waals surface area contributed by atoms with E-state index in [0.717, 1.165) is 18.4 Å². The number of anilines is 1. The standard InChI is InChI=1S/C16H25NOS/c1-13(12-18-2)11-17-14-7-9-16(10-8-14)19-15-5-3-4-6-15/h7-10,13,15,17H,3-6,11-12H2,1-2H3. The first kappa shape index (κ1) is 14.7. The quantitative estimate of drug-likeness (QED) is 0.798. The van der Waals surface area contributed by atoms with Gasteiger partial charge in [0.25, 0.3) is 0 Å². The van der Waals surface area contributed by atoms with Crippen molar-refractivity contribution in [2.75, 3.05) is 25.6 Å². The molecule has 0 aliphatic heterocycles. The molecule has 1 aliphatic rings. The number of nitrogens with one attached hydrogen (secondary N) is 1. The summed E-state index contributed by atoms with van der Waals surface area (Å²) in [4.78, 5) is 1.40. The summed E-state index contributed by atoms with van der Waals surface area (Å²) < 4.78 is 5.14. The van der Waals surface area contributed by atoms with Crippen LogP contribution in [-0.2, 0) is 4.74 Å². The fourth-order valence-electron chi connectivity index (χ4n) is 2.49. The molecule has 3 heteroatoms. The molecule has 1 unspecified atom stereocenters. The lowest BCUT2D eigenvalue weighted by atomic mass is 10.2. The summed E-state index contributed by atoms with van der Waals surface area (Å²) in [7, 11) is 1.76. The molecule has 0 saturated heterocycles. The van der Waals surface area contributed by atoms with Crippen LogP contribution in [0.4, 0.5) is 5.69 Å². The van der Waals surface area contributed by atoms with Crippen molar-refractivity contribution in [2.24, 2.45) is 5.92 Å². The molecule has 0 spiro atoms. The largest absolute Gasteiger partial charge is 0.385 e. The van der Waals surface area contributed by atoms with E-state index in [1.807, 2.05) is 11.8 Å². The molecule has 1 N–H and O–H groups in total. The second-order valence-corrected chi connectivity index (χ2v) is 6.86. The van der Waals surface area contributed by atoms with E-state index < -0.39 is 0 Å². The van der Waals surface area contributed by atoms with Crippen LogP contribution in [0.5, 0.6) is 0 Å². The van der Waals surface area contributed by atoms with Crippen LogP contribution in [0.1, 0.15) is 32.6 Å². The molecule has 1 fully saturated rings. The molecule has 2 rings (SSSR count). The highest BCUT2D eigenvalue weighted by molar-refractivity contribution is 8.00. The van der Waals surface area contributed by atoms with Crippen LogP contribution in [0.25, 0.3) is 0 Å². The van der Waals surface area contributed by atoms with Crippen LogP contribution in [0, 0.1) is 5.92 Å². The van der Waals surface area contributed by atoms with Crippen LogP contribution in [0.3, 0.4) is 0 Å². The average Bonchev–Trinajstić information content (AvgIpc) is 2.91. The van der Waals surface area contributed by atoms with Gasteiger partial charge in [-0.25, -0.2) is 0 Å². The highest BCUT2D eigenvalue weighted by Gasteiger charge is 2.15.